The van der Waals surface area contributed by atoms with Crippen LogP contribution in [0, 0.1) is 5.92 Å². The number of nitrogens with zero attached hydrogens (tertiary/aromatic N) is 2. The Morgan fingerprint density at radius 3 is 2.33 bits per heavy atom. The van der Waals surface area contributed by atoms with Gasteiger partial charge in [0.15, 0.2) is 0 Å². The van der Waals surface area contributed by atoms with Gasteiger partial charge in [-0.3, -0.25) is 4.79 Å². The highest BCUT2D eigenvalue weighted by Gasteiger charge is 2.36. The number of hydrogen-bond acceptors (Lipinski definition) is 3. The molecule has 0 bridgehead atoms. The number of carbonyl (C=O) groups is 2. The summed E-state index contributed by atoms with van der Waals surface area (Å²) < 4.78 is 5.48. The van der Waals surface area contributed by atoms with Crippen molar-refractivity contribution in [2.45, 2.75) is 83.8 Å². The number of benzene rings is 1. The lowest BCUT2D eigenvalue weighted by Gasteiger charge is -2.35. The van der Waals surface area contributed by atoms with Gasteiger partial charge >= 0.3 is 6.09 Å². The summed E-state index contributed by atoms with van der Waals surface area (Å²) in [6, 6.07) is 10.9. The lowest BCUT2D eigenvalue weighted by atomic mass is 9.87. The molecule has 1 aromatic rings. The van der Waals surface area contributed by atoms with Crippen LogP contribution in [0.2, 0.25) is 0 Å². The Kier molecular flexibility index (Phi) is 7.43. The van der Waals surface area contributed by atoms with Crippen LogP contribution in [-0.4, -0.2) is 53.1 Å². The molecule has 2 amide bonds. The van der Waals surface area contributed by atoms with E-state index in [1.54, 1.807) is 4.90 Å². The molecule has 0 aliphatic carbocycles. The molecule has 2 atom stereocenters. The molecule has 0 saturated carbocycles. The minimum absolute atomic E-state index is 0.236. The number of amides is 2. The highest BCUT2D eigenvalue weighted by atomic mass is 16.6. The monoisotopic (exact) mass is 414 g/mol. The standard InChI is InChI=1S/C25H38N2O3/c1-5-21(20-10-7-6-8-11-20)22-12-9-15-27(22)23(28)18-19-13-16-26(17-14-19)24(29)30-25(2,3)4/h6-8,10-11,19,21-22H,5,9,12-18H2,1-4H3/t21-,22-/m1/s1. The number of rotatable bonds is 5. The first-order valence-corrected chi connectivity index (χ1v) is 11.6. The summed E-state index contributed by atoms with van der Waals surface area (Å²) in [5.41, 5.74) is 0.874. The topological polar surface area (TPSA) is 49.9 Å². The van der Waals surface area contributed by atoms with E-state index in [0.717, 1.165) is 38.6 Å². The van der Waals surface area contributed by atoms with Gasteiger partial charge in [-0.15, -0.1) is 0 Å². The van der Waals surface area contributed by atoms with Crippen LogP contribution in [0.5, 0.6) is 0 Å². The third kappa shape index (κ3) is 5.77. The van der Waals surface area contributed by atoms with Gasteiger partial charge in [0.05, 0.1) is 0 Å². The highest BCUT2D eigenvalue weighted by Crippen LogP contribution is 2.35. The average molecular weight is 415 g/mol. The molecule has 3 rings (SSSR count). The van der Waals surface area contributed by atoms with Gasteiger partial charge in [0.25, 0.3) is 0 Å². The first kappa shape index (κ1) is 22.6. The van der Waals surface area contributed by atoms with Gasteiger partial charge in [-0.1, -0.05) is 37.3 Å². The molecule has 0 unspecified atom stereocenters. The molecular formula is C25H38N2O3. The van der Waals surface area contributed by atoms with Gasteiger partial charge in [0, 0.05) is 38.0 Å². The van der Waals surface area contributed by atoms with Gasteiger partial charge < -0.3 is 14.5 Å². The molecule has 2 saturated heterocycles. The van der Waals surface area contributed by atoms with Crippen LogP contribution in [0.1, 0.15) is 77.7 Å². The fourth-order valence-electron chi connectivity index (χ4n) is 4.96. The quantitative estimate of drug-likeness (QED) is 0.665. The van der Waals surface area contributed by atoms with Gasteiger partial charge in [-0.25, -0.2) is 4.79 Å². The molecule has 30 heavy (non-hydrogen) atoms. The summed E-state index contributed by atoms with van der Waals surface area (Å²) >= 11 is 0. The third-order valence-electron chi connectivity index (χ3n) is 6.48. The molecule has 5 heteroatoms. The maximum absolute atomic E-state index is 13.2. The van der Waals surface area contributed by atoms with Gasteiger partial charge in [0.2, 0.25) is 5.91 Å². The van der Waals surface area contributed by atoms with Gasteiger partial charge in [0.1, 0.15) is 5.60 Å². The Bertz CT molecular complexity index is 705. The zero-order valence-electron chi connectivity index (χ0n) is 19.1. The van der Waals surface area contributed by atoms with E-state index in [1.807, 2.05) is 20.8 Å². The van der Waals surface area contributed by atoms with Crippen LogP contribution in [-0.2, 0) is 9.53 Å². The molecule has 5 nitrogen and oxygen atoms in total. The van der Waals surface area contributed by atoms with Crippen molar-refractivity contribution in [1.29, 1.82) is 0 Å². The predicted octanol–water partition coefficient (Wildman–Crippen LogP) is 5.21. The highest BCUT2D eigenvalue weighted by molar-refractivity contribution is 5.77. The van der Waals surface area contributed by atoms with E-state index in [-0.39, 0.29) is 6.09 Å². The molecule has 0 N–H and O–H groups in total. The minimum Gasteiger partial charge on any atom is -0.444 e. The zero-order chi connectivity index (χ0) is 21.7. The number of piperidine rings is 1. The number of likely N-dealkylation sites (tertiary alicyclic amines) is 2. The summed E-state index contributed by atoms with van der Waals surface area (Å²) in [6.07, 6.45) is 5.35. The van der Waals surface area contributed by atoms with Crippen molar-refractivity contribution in [1.82, 2.24) is 9.80 Å². The molecule has 1 aromatic carbocycles. The van der Waals surface area contributed by atoms with Crippen LogP contribution in [0.4, 0.5) is 4.79 Å². The lowest BCUT2D eigenvalue weighted by Crippen LogP contribution is -2.43. The smallest absolute Gasteiger partial charge is 0.410 e. The van der Waals surface area contributed by atoms with Crippen molar-refractivity contribution < 1.29 is 14.3 Å². The maximum Gasteiger partial charge on any atom is 0.410 e. The van der Waals surface area contributed by atoms with Crippen molar-refractivity contribution in [3.8, 4) is 0 Å². The minimum atomic E-state index is -0.469. The lowest BCUT2D eigenvalue weighted by molar-refractivity contribution is -0.133. The van der Waals surface area contributed by atoms with E-state index in [0.29, 0.717) is 43.3 Å². The molecule has 0 aromatic heterocycles. The van der Waals surface area contributed by atoms with E-state index < -0.39 is 5.60 Å². The molecule has 2 fully saturated rings. The normalized spacial score (nSPS) is 21.5. The van der Waals surface area contributed by atoms with Crippen molar-refractivity contribution in [2.75, 3.05) is 19.6 Å². The van der Waals surface area contributed by atoms with Crippen molar-refractivity contribution in [3.63, 3.8) is 0 Å². The maximum atomic E-state index is 13.2. The summed E-state index contributed by atoms with van der Waals surface area (Å²) in [6.45, 7) is 10.1. The van der Waals surface area contributed by atoms with E-state index in [2.05, 4.69) is 42.2 Å². The van der Waals surface area contributed by atoms with E-state index in [9.17, 15) is 9.59 Å². The van der Waals surface area contributed by atoms with Crippen molar-refractivity contribution in [2.24, 2.45) is 5.92 Å². The summed E-state index contributed by atoms with van der Waals surface area (Å²) in [4.78, 5) is 29.4. The Balaban J connectivity index is 1.54. The zero-order valence-corrected chi connectivity index (χ0v) is 19.1. The van der Waals surface area contributed by atoms with Crippen LogP contribution < -0.4 is 0 Å². The Labute approximate surface area is 181 Å². The molecular weight excluding hydrogens is 376 g/mol. The van der Waals surface area contributed by atoms with E-state index in [4.69, 9.17) is 4.74 Å². The summed E-state index contributed by atoms with van der Waals surface area (Å²) in [5, 5.41) is 0. The number of ether oxygens (including phenoxy) is 1. The third-order valence-corrected chi connectivity index (χ3v) is 6.48. The Morgan fingerprint density at radius 2 is 1.73 bits per heavy atom. The fraction of sp³-hybridized carbons (Fsp3) is 0.680. The molecule has 2 aliphatic rings. The van der Waals surface area contributed by atoms with Crippen LogP contribution in [0.15, 0.2) is 30.3 Å². The predicted molar refractivity (Wildman–Crippen MR) is 119 cm³/mol. The first-order valence-electron chi connectivity index (χ1n) is 11.6. The van der Waals surface area contributed by atoms with Crippen LogP contribution in [0.25, 0.3) is 0 Å². The number of carbonyl (C=O) groups excluding carboxylic acids is 2. The average Bonchev–Trinajstić information content (AvgIpc) is 3.18. The van der Waals surface area contributed by atoms with E-state index >= 15 is 0 Å². The molecule has 166 valence electrons. The number of hydrogen-bond donors (Lipinski definition) is 0. The second-order valence-corrected chi connectivity index (χ2v) is 9.84. The summed E-state index contributed by atoms with van der Waals surface area (Å²) in [7, 11) is 0. The second-order valence-electron chi connectivity index (χ2n) is 9.84. The van der Waals surface area contributed by atoms with Crippen molar-refractivity contribution in [3.05, 3.63) is 35.9 Å². The van der Waals surface area contributed by atoms with Crippen LogP contribution >= 0.6 is 0 Å². The summed E-state index contributed by atoms with van der Waals surface area (Å²) in [5.74, 6) is 1.06. The second kappa shape index (κ2) is 9.84. The van der Waals surface area contributed by atoms with Gasteiger partial charge in [-0.2, -0.15) is 0 Å². The molecule has 2 heterocycles. The first-order chi connectivity index (χ1) is 14.3. The SMILES string of the molecule is CC[C@H](c1ccccc1)[C@H]1CCCN1C(=O)CC1CCN(C(=O)OC(C)(C)C)CC1. The Morgan fingerprint density at radius 1 is 1.07 bits per heavy atom. The van der Waals surface area contributed by atoms with Crippen molar-refractivity contribution >= 4 is 12.0 Å². The molecule has 2 aliphatic heterocycles. The molecule has 0 radical (unpaired) electrons. The fourth-order valence-corrected chi connectivity index (χ4v) is 4.96. The van der Waals surface area contributed by atoms with Crippen LogP contribution in [0.3, 0.4) is 0 Å². The largest absolute Gasteiger partial charge is 0.444 e. The molecule has 0 spiro atoms. The van der Waals surface area contributed by atoms with Gasteiger partial charge in [-0.05, 0) is 64.4 Å². The Hall–Kier alpha value is -2.04. The van der Waals surface area contributed by atoms with E-state index in [1.165, 1.54) is 5.56 Å².